The molecule has 9 heteroatoms. The molecule has 0 bridgehead atoms. The first-order chi connectivity index (χ1) is 11.4. The highest BCUT2D eigenvalue weighted by Crippen LogP contribution is 2.25. The van der Waals surface area contributed by atoms with Gasteiger partial charge in [0.2, 0.25) is 0 Å². The van der Waals surface area contributed by atoms with Crippen molar-refractivity contribution in [2.24, 2.45) is 12.0 Å². The monoisotopic (exact) mass is 423 g/mol. The zero-order valence-corrected chi connectivity index (χ0v) is 15.5. The summed E-state index contributed by atoms with van der Waals surface area (Å²) in [5.74, 6) is -0.410. The third kappa shape index (κ3) is 3.53. The first kappa shape index (κ1) is 16.7. The lowest BCUT2D eigenvalue weighted by Gasteiger charge is -1.94. The quantitative estimate of drug-likeness (QED) is 0.361. The van der Waals surface area contributed by atoms with E-state index < -0.39 is 10.8 Å². The molecule has 0 saturated heterocycles. The first-order valence-corrected chi connectivity index (χ1v) is 9.13. The third-order valence-electron chi connectivity index (χ3n) is 3.16. The Hall–Kier alpha value is -2.10. The predicted octanol–water partition coefficient (Wildman–Crippen LogP) is 4.11. The summed E-state index contributed by atoms with van der Waals surface area (Å²) >= 11 is 5.85. The Morgan fingerprint density at radius 3 is 2.83 bits per heavy atom. The van der Waals surface area contributed by atoms with Gasteiger partial charge in [0.1, 0.15) is 0 Å². The van der Waals surface area contributed by atoms with Gasteiger partial charge in [-0.25, -0.2) is 0 Å². The van der Waals surface area contributed by atoms with Gasteiger partial charge in [-0.2, -0.15) is 4.99 Å². The lowest BCUT2D eigenvalue weighted by molar-refractivity contribution is -0.380. The number of nitro groups is 1. The van der Waals surface area contributed by atoms with Crippen LogP contribution in [0.2, 0.25) is 0 Å². The molecule has 0 unspecified atom stereocenters. The summed E-state index contributed by atoms with van der Waals surface area (Å²) < 4.78 is 3.85. The number of halogens is 1. The number of thiazole rings is 1. The van der Waals surface area contributed by atoms with Gasteiger partial charge in [0, 0.05) is 28.5 Å². The fraction of sp³-hybridized carbons (Fsp3) is 0.0667. The molecule has 1 aromatic carbocycles. The molecule has 0 aliphatic carbocycles. The van der Waals surface area contributed by atoms with Gasteiger partial charge in [-0.15, -0.1) is 0 Å². The first-order valence-electron chi connectivity index (χ1n) is 6.70. The Kier molecular flexibility index (Phi) is 4.74. The number of hydrogen-bond acceptors (Lipinski definition) is 5. The molecule has 6 nitrogen and oxygen atoms in total. The van der Waals surface area contributed by atoms with Crippen molar-refractivity contribution in [1.82, 2.24) is 4.57 Å². The van der Waals surface area contributed by atoms with Crippen LogP contribution >= 0.6 is 38.6 Å². The summed E-state index contributed by atoms with van der Waals surface area (Å²) in [5, 5.41) is 10.7. The van der Waals surface area contributed by atoms with Gasteiger partial charge in [-0.1, -0.05) is 38.6 Å². The van der Waals surface area contributed by atoms with E-state index in [0.29, 0.717) is 9.68 Å². The van der Waals surface area contributed by atoms with E-state index in [0.717, 1.165) is 26.0 Å². The number of aryl methyl sites for hydroxylation is 1. The number of carbonyl (C=O) groups is 1. The average Bonchev–Trinajstić information content (AvgIpc) is 3.11. The number of thiophene rings is 1. The summed E-state index contributed by atoms with van der Waals surface area (Å²) in [6.45, 7) is 0. The van der Waals surface area contributed by atoms with Crippen LogP contribution in [0, 0.1) is 10.1 Å². The fourth-order valence-corrected chi connectivity index (χ4v) is 4.33. The van der Waals surface area contributed by atoms with Crippen LogP contribution in [0.4, 0.5) is 5.00 Å². The molecule has 3 aromatic rings. The third-order valence-corrected chi connectivity index (χ3v) is 5.75. The van der Waals surface area contributed by atoms with Crippen molar-refractivity contribution in [2.45, 2.75) is 0 Å². The molecule has 0 spiro atoms. The van der Waals surface area contributed by atoms with Crippen LogP contribution in [-0.4, -0.2) is 15.4 Å². The maximum absolute atomic E-state index is 12.0. The predicted molar refractivity (Wildman–Crippen MR) is 99.1 cm³/mol. The van der Waals surface area contributed by atoms with Crippen molar-refractivity contribution in [1.29, 1.82) is 0 Å². The van der Waals surface area contributed by atoms with E-state index in [1.165, 1.54) is 29.6 Å². The van der Waals surface area contributed by atoms with Crippen molar-refractivity contribution in [2.75, 3.05) is 0 Å². The summed E-state index contributed by atoms with van der Waals surface area (Å²) in [5.41, 5.74) is 0.993. The molecule has 0 N–H and O–H groups in total. The van der Waals surface area contributed by atoms with E-state index in [2.05, 4.69) is 20.9 Å². The topological polar surface area (TPSA) is 77.5 Å². The Bertz CT molecular complexity index is 1050. The van der Waals surface area contributed by atoms with E-state index in [1.807, 2.05) is 29.8 Å². The molecule has 0 aliphatic rings. The van der Waals surface area contributed by atoms with Crippen molar-refractivity contribution in [3.63, 3.8) is 0 Å². The molecule has 0 saturated carbocycles. The van der Waals surface area contributed by atoms with Crippen molar-refractivity contribution < 1.29 is 9.72 Å². The number of benzene rings is 1. The number of carbonyl (C=O) groups excluding carboxylic acids is 1. The number of rotatable bonds is 3. The Labute approximate surface area is 152 Å². The lowest BCUT2D eigenvalue weighted by Crippen LogP contribution is -2.12. The Morgan fingerprint density at radius 2 is 2.12 bits per heavy atom. The maximum Gasteiger partial charge on any atom is 0.324 e. The standard InChI is InChI=1S/C15H10BrN3O3S2/c1-18-11-5-2-9(16)8-12(11)24-15(18)17-13(20)6-3-10-4-7-14(23-10)19(21)22/h2-8H,1H3. The van der Waals surface area contributed by atoms with Gasteiger partial charge in [-0.05, 0) is 30.3 Å². The minimum Gasteiger partial charge on any atom is -0.319 e. The summed E-state index contributed by atoms with van der Waals surface area (Å²) in [7, 11) is 1.85. The van der Waals surface area contributed by atoms with E-state index >= 15 is 0 Å². The smallest absolute Gasteiger partial charge is 0.319 e. The second-order valence-corrected chi connectivity index (χ2v) is 7.79. The zero-order chi connectivity index (χ0) is 17.3. The van der Waals surface area contributed by atoms with Crippen LogP contribution in [0.3, 0.4) is 0 Å². The van der Waals surface area contributed by atoms with Crippen LogP contribution in [0.5, 0.6) is 0 Å². The van der Waals surface area contributed by atoms with Gasteiger partial charge in [0.15, 0.2) is 4.80 Å². The Morgan fingerprint density at radius 1 is 1.33 bits per heavy atom. The summed E-state index contributed by atoms with van der Waals surface area (Å²) in [6, 6.07) is 8.88. The minimum absolute atomic E-state index is 0.0421. The van der Waals surface area contributed by atoms with Gasteiger partial charge >= 0.3 is 5.00 Å². The van der Waals surface area contributed by atoms with Crippen molar-refractivity contribution in [3.05, 3.63) is 60.7 Å². The highest BCUT2D eigenvalue weighted by atomic mass is 79.9. The molecule has 2 heterocycles. The highest BCUT2D eigenvalue weighted by molar-refractivity contribution is 9.10. The van der Waals surface area contributed by atoms with Crippen molar-refractivity contribution >= 4 is 65.8 Å². The van der Waals surface area contributed by atoms with E-state index in [9.17, 15) is 14.9 Å². The number of amides is 1. The average molecular weight is 424 g/mol. The molecule has 122 valence electrons. The highest BCUT2D eigenvalue weighted by Gasteiger charge is 2.08. The van der Waals surface area contributed by atoms with Gasteiger partial charge in [0.05, 0.1) is 15.1 Å². The van der Waals surface area contributed by atoms with Crippen molar-refractivity contribution in [3.8, 4) is 0 Å². The van der Waals surface area contributed by atoms with E-state index in [4.69, 9.17) is 0 Å². The summed E-state index contributed by atoms with van der Waals surface area (Å²) in [4.78, 5) is 27.5. The molecule has 1 amide bonds. The normalized spacial score (nSPS) is 12.3. The molecular weight excluding hydrogens is 414 g/mol. The minimum atomic E-state index is -0.455. The van der Waals surface area contributed by atoms with E-state index in [1.54, 1.807) is 6.07 Å². The summed E-state index contributed by atoms with van der Waals surface area (Å²) in [6.07, 6.45) is 2.85. The number of fused-ring (bicyclic) bond motifs is 1. The molecule has 24 heavy (non-hydrogen) atoms. The molecular formula is C15H10BrN3O3S2. The Balaban J connectivity index is 1.87. The molecule has 2 aromatic heterocycles. The number of hydrogen-bond donors (Lipinski definition) is 0. The molecule has 0 radical (unpaired) electrons. The van der Waals surface area contributed by atoms with Crippen LogP contribution < -0.4 is 4.80 Å². The van der Waals surface area contributed by atoms with Crippen LogP contribution in [0.15, 0.2) is 45.9 Å². The van der Waals surface area contributed by atoms with Crippen LogP contribution in [-0.2, 0) is 11.8 Å². The second kappa shape index (κ2) is 6.80. The molecule has 0 fully saturated rings. The number of aromatic nitrogens is 1. The van der Waals surface area contributed by atoms with E-state index in [-0.39, 0.29) is 5.00 Å². The van der Waals surface area contributed by atoms with Gasteiger partial charge < -0.3 is 4.57 Å². The molecule has 0 atom stereocenters. The van der Waals surface area contributed by atoms with Gasteiger partial charge in [-0.3, -0.25) is 14.9 Å². The molecule has 0 aliphatic heterocycles. The van der Waals surface area contributed by atoms with Crippen LogP contribution in [0.1, 0.15) is 4.88 Å². The van der Waals surface area contributed by atoms with Crippen LogP contribution in [0.25, 0.3) is 16.3 Å². The lowest BCUT2D eigenvalue weighted by atomic mass is 10.3. The SMILES string of the molecule is Cn1c(=NC(=O)C=Cc2ccc([N+](=O)[O-])s2)sc2cc(Br)ccc21. The second-order valence-electron chi connectivity index (χ2n) is 4.77. The van der Waals surface area contributed by atoms with Gasteiger partial charge in [0.25, 0.3) is 5.91 Å². The number of nitrogens with zero attached hydrogens (tertiary/aromatic N) is 3. The maximum atomic E-state index is 12.0. The fourth-order valence-electron chi connectivity index (χ4n) is 2.03. The molecule has 3 rings (SSSR count). The largest absolute Gasteiger partial charge is 0.324 e. The zero-order valence-electron chi connectivity index (χ0n) is 12.3.